The molecule has 0 spiro atoms. The Morgan fingerprint density at radius 1 is 0.889 bits per heavy atom. The van der Waals surface area contributed by atoms with Gasteiger partial charge in [-0.3, -0.25) is 10.1 Å². The van der Waals surface area contributed by atoms with E-state index in [9.17, 15) is 9.18 Å². The Morgan fingerprint density at radius 2 is 1.56 bits per heavy atom. The van der Waals surface area contributed by atoms with Crippen molar-refractivity contribution in [1.82, 2.24) is 5.32 Å². The van der Waals surface area contributed by atoms with E-state index in [0.29, 0.717) is 15.7 Å². The average Bonchev–Trinajstić information content (AvgIpc) is 2.68. The topological polar surface area (TPSA) is 41.1 Å². The Labute approximate surface area is 167 Å². The van der Waals surface area contributed by atoms with Crippen LogP contribution in [0.5, 0.6) is 0 Å². The van der Waals surface area contributed by atoms with Crippen LogP contribution in [0.2, 0.25) is 10.0 Å². The van der Waals surface area contributed by atoms with E-state index in [0.717, 1.165) is 11.1 Å². The van der Waals surface area contributed by atoms with Gasteiger partial charge in [-0.2, -0.15) is 0 Å². The van der Waals surface area contributed by atoms with Gasteiger partial charge in [0.05, 0.1) is 28.3 Å². The molecule has 3 aromatic carbocycles. The van der Waals surface area contributed by atoms with Gasteiger partial charge in [0.25, 0.3) is 0 Å². The van der Waals surface area contributed by atoms with Gasteiger partial charge in [0.1, 0.15) is 5.82 Å². The maximum atomic E-state index is 13.3. The number of rotatable bonds is 6. The Hall–Kier alpha value is -2.40. The van der Waals surface area contributed by atoms with E-state index >= 15 is 0 Å². The van der Waals surface area contributed by atoms with E-state index < -0.39 is 0 Å². The van der Waals surface area contributed by atoms with Crippen LogP contribution in [0.1, 0.15) is 17.2 Å². The summed E-state index contributed by atoms with van der Waals surface area (Å²) in [5.41, 5.74) is 2.28. The van der Waals surface area contributed by atoms with E-state index in [4.69, 9.17) is 23.2 Å². The molecule has 0 aromatic heterocycles. The highest BCUT2D eigenvalue weighted by atomic mass is 35.5. The third-order valence-corrected chi connectivity index (χ3v) is 4.85. The molecule has 1 unspecified atom stereocenters. The fourth-order valence-electron chi connectivity index (χ4n) is 2.72. The van der Waals surface area contributed by atoms with Crippen LogP contribution in [-0.2, 0) is 4.79 Å². The second-order valence-corrected chi connectivity index (χ2v) is 6.71. The predicted molar refractivity (Wildman–Crippen MR) is 108 cm³/mol. The molecule has 0 saturated carbocycles. The van der Waals surface area contributed by atoms with Gasteiger partial charge in [-0.1, -0.05) is 71.7 Å². The number of carbonyl (C=O) groups excluding carboxylic acids is 1. The number of hydrogen-bond donors (Lipinski definition) is 2. The predicted octanol–water partition coefficient (Wildman–Crippen LogP) is 5.45. The molecule has 0 saturated heterocycles. The number of benzene rings is 3. The minimum atomic E-state index is -0.307. The first-order chi connectivity index (χ1) is 13.0. The van der Waals surface area contributed by atoms with Gasteiger partial charge in [0.15, 0.2) is 0 Å². The van der Waals surface area contributed by atoms with E-state index in [1.807, 2.05) is 30.3 Å². The van der Waals surface area contributed by atoms with Crippen LogP contribution in [-0.4, -0.2) is 12.5 Å². The lowest BCUT2D eigenvalue weighted by Gasteiger charge is -2.20. The molecule has 2 N–H and O–H groups in total. The summed E-state index contributed by atoms with van der Waals surface area (Å²) < 4.78 is 13.3. The van der Waals surface area contributed by atoms with Crippen LogP contribution >= 0.6 is 23.2 Å². The second-order valence-electron chi connectivity index (χ2n) is 5.93. The van der Waals surface area contributed by atoms with Crippen LogP contribution in [0.4, 0.5) is 10.1 Å². The molecule has 27 heavy (non-hydrogen) atoms. The van der Waals surface area contributed by atoms with Crippen molar-refractivity contribution in [3.05, 3.63) is 99.8 Å². The van der Waals surface area contributed by atoms with Crippen LogP contribution < -0.4 is 10.6 Å². The van der Waals surface area contributed by atoms with Gasteiger partial charge in [-0.15, -0.1) is 0 Å². The summed E-state index contributed by atoms with van der Waals surface area (Å²) >= 11 is 12.1. The highest BCUT2D eigenvalue weighted by molar-refractivity contribution is 6.44. The molecule has 0 heterocycles. The molecule has 3 aromatic rings. The Balaban J connectivity index is 1.74. The van der Waals surface area contributed by atoms with Crippen molar-refractivity contribution in [3.63, 3.8) is 0 Å². The molecule has 0 aliphatic rings. The van der Waals surface area contributed by atoms with Crippen LogP contribution in [0, 0.1) is 5.82 Å². The monoisotopic (exact) mass is 402 g/mol. The van der Waals surface area contributed by atoms with Gasteiger partial charge >= 0.3 is 0 Å². The number of carbonyl (C=O) groups is 1. The number of nitrogens with one attached hydrogen (secondary N) is 2. The highest BCUT2D eigenvalue weighted by Crippen LogP contribution is 2.29. The number of halogens is 3. The number of anilines is 1. The van der Waals surface area contributed by atoms with Crippen molar-refractivity contribution in [2.45, 2.75) is 6.04 Å². The first kappa shape index (κ1) is 19.4. The molecular formula is C21H17Cl2FN2O. The van der Waals surface area contributed by atoms with E-state index in [1.165, 1.54) is 12.1 Å². The van der Waals surface area contributed by atoms with Gasteiger partial charge in [0.2, 0.25) is 5.91 Å². The largest absolute Gasteiger partial charge is 0.324 e. The molecular weight excluding hydrogens is 386 g/mol. The van der Waals surface area contributed by atoms with Crippen molar-refractivity contribution in [3.8, 4) is 0 Å². The molecule has 0 radical (unpaired) electrons. The molecule has 1 amide bonds. The highest BCUT2D eigenvalue weighted by Gasteiger charge is 2.16. The van der Waals surface area contributed by atoms with Crippen molar-refractivity contribution in [1.29, 1.82) is 0 Å². The normalized spacial score (nSPS) is 11.8. The molecule has 6 heteroatoms. The first-order valence-corrected chi connectivity index (χ1v) is 9.08. The fourth-order valence-corrected chi connectivity index (χ4v) is 3.07. The molecule has 3 nitrogen and oxygen atoms in total. The average molecular weight is 403 g/mol. The summed E-state index contributed by atoms with van der Waals surface area (Å²) in [6, 6.07) is 20.6. The minimum absolute atomic E-state index is 0.0414. The van der Waals surface area contributed by atoms with Crippen LogP contribution in [0.15, 0.2) is 72.8 Å². The lowest BCUT2D eigenvalue weighted by atomic mass is 9.98. The minimum Gasteiger partial charge on any atom is -0.324 e. The summed E-state index contributed by atoms with van der Waals surface area (Å²) in [6.07, 6.45) is 0. The van der Waals surface area contributed by atoms with Gasteiger partial charge in [-0.05, 0) is 35.4 Å². The smallest absolute Gasteiger partial charge is 0.238 e. The van der Waals surface area contributed by atoms with Crippen molar-refractivity contribution in [2.24, 2.45) is 0 Å². The summed E-state index contributed by atoms with van der Waals surface area (Å²) in [5, 5.41) is 6.62. The van der Waals surface area contributed by atoms with Crippen LogP contribution in [0.25, 0.3) is 0 Å². The molecule has 0 aliphatic heterocycles. The summed E-state index contributed by atoms with van der Waals surface area (Å²) in [4.78, 5) is 12.4. The van der Waals surface area contributed by atoms with Gasteiger partial charge < -0.3 is 5.32 Å². The lowest BCUT2D eigenvalue weighted by molar-refractivity contribution is -0.115. The standard InChI is InChI=1S/C21H17Cl2FN2O/c22-17-7-4-8-18(20(17)23)26-19(27)13-25-21(14-5-2-1-3-6-14)15-9-11-16(24)12-10-15/h1-12,21,25H,13H2,(H,26,27). The van der Waals surface area contributed by atoms with Crippen LogP contribution in [0.3, 0.4) is 0 Å². The van der Waals surface area contributed by atoms with Gasteiger partial charge in [0, 0.05) is 0 Å². The van der Waals surface area contributed by atoms with E-state index in [2.05, 4.69) is 10.6 Å². The zero-order valence-corrected chi connectivity index (χ0v) is 15.8. The summed E-state index contributed by atoms with van der Waals surface area (Å²) in [6.45, 7) is 0.0414. The fraction of sp³-hybridized carbons (Fsp3) is 0.0952. The third-order valence-electron chi connectivity index (χ3n) is 4.03. The first-order valence-electron chi connectivity index (χ1n) is 8.32. The number of amides is 1. The molecule has 0 fully saturated rings. The molecule has 0 bridgehead atoms. The second kappa shape index (κ2) is 9.00. The Kier molecular flexibility index (Phi) is 6.45. The Morgan fingerprint density at radius 3 is 2.26 bits per heavy atom. The third kappa shape index (κ3) is 5.07. The maximum absolute atomic E-state index is 13.3. The van der Waals surface area contributed by atoms with E-state index in [-0.39, 0.29) is 24.3 Å². The molecule has 3 rings (SSSR count). The zero-order valence-electron chi connectivity index (χ0n) is 14.3. The molecule has 1 atom stereocenters. The molecule has 138 valence electrons. The molecule has 0 aliphatic carbocycles. The van der Waals surface area contributed by atoms with Crippen molar-refractivity contribution >= 4 is 34.8 Å². The Bertz CT molecular complexity index is 917. The quantitative estimate of drug-likeness (QED) is 0.575. The summed E-state index contributed by atoms with van der Waals surface area (Å²) in [5.74, 6) is -0.568. The van der Waals surface area contributed by atoms with Crippen molar-refractivity contribution < 1.29 is 9.18 Å². The summed E-state index contributed by atoms with van der Waals surface area (Å²) in [7, 11) is 0. The van der Waals surface area contributed by atoms with E-state index in [1.54, 1.807) is 30.3 Å². The zero-order chi connectivity index (χ0) is 19.2. The SMILES string of the molecule is O=C(CNC(c1ccccc1)c1ccc(F)cc1)Nc1cccc(Cl)c1Cl. The van der Waals surface area contributed by atoms with Gasteiger partial charge in [-0.25, -0.2) is 4.39 Å². The lowest BCUT2D eigenvalue weighted by Crippen LogP contribution is -2.32. The van der Waals surface area contributed by atoms with Crippen molar-refractivity contribution in [2.75, 3.05) is 11.9 Å². The maximum Gasteiger partial charge on any atom is 0.238 e. The number of hydrogen-bond acceptors (Lipinski definition) is 2.